The van der Waals surface area contributed by atoms with Gasteiger partial charge in [-0.2, -0.15) is 13.2 Å². The van der Waals surface area contributed by atoms with E-state index >= 15 is 0 Å². The first-order valence-corrected chi connectivity index (χ1v) is 19.8. The van der Waals surface area contributed by atoms with Crippen molar-refractivity contribution >= 4 is 29.1 Å². The number of anilines is 2. The van der Waals surface area contributed by atoms with Gasteiger partial charge in [-0.1, -0.05) is 37.5 Å². The molecule has 3 amide bonds. The number of aromatic nitrogens is 1. The van der Waals surface area contributed by atoms with Crippen LogP contribution in [-0.4, -0.2) is 92.0 Å². The summed E-state index contributed by atoms with van der Waals surface area (Å²) in [4.78, 5) is 51.6. The first-order chi connectivity index (χ1) is 27.5. The number of alkyl halides is 3. The summed E-state index contributed by atoms with van der Waals surface area (Å²) in [6, 6.07) is 20.5. The lowest BCUT2D eigenvalue weighted by atomic mass is 9.75. The Bertz CT molecular complexity index is 2070. The molecule has 300 valence electrons. The van der Waals surface area contributed by atoms with E-state index in [1.54, 1.807) is 48.3 Å². The molecule has 0 bridgehead atoms. The SMILES string of the molecule is CN(CCN1CCOCC1)C(=O)c1cccc(C(=O)Nc2ccc(N3CC[C@H]4CCCC[C@@H]4C3)cc2-c2cc(C(=O)NCc3cccc(C(F)(F)F)c3)ccn2)c1. The van der Waals surface area contributed by atoms with E-state index in [1.165, 1.54) is 44.0 Å². The molecular weight excluding hydrogens is 734 g/mol. The molecule has 2 saturated heterocycles. The largest absolute Gasteiger partial charge is 0.416 e. The maximum absolute atomic E-state index is 13.9. The molecule has 7 rings (SSSR count). The second-order valence-electron chi connectivity index (χ2n) is 15.3. The molecule has 2 aliphatic heterocycles. The molecule has 1 aromatic heterocycles. The lowest BCUT2D eigenvalue weighted by Crippen LogP contribution is -2.41. The van der Waals surface area contributed by atoms with Crippen molar-refractivity contribution in [2.24, 2.45) is 11.8 Å². The molecule has 2 N–H and O–H groups in total. The first kappa shape index (κ1) is 39.9. The van der Waals surface area contributed by atoms with Crippen molar-refractivity contribution in [2.75, 3.05) is 69.7 Å². The molecule has 2 atom stereocenters. The van der Waals surface area contributed by atoms with Crippen molar-refractivity contribution in [3.63, 3.8) is 0 Å². The number of rotatable bonds is 11. The monoisotopic (exact) mass is 782 g/mol. The summed E-state index contributed by atoms with van der Waals surface area (Å²) in [6.45, 7) is 6.06. The zero-order valence-electron chi connectivity index (χ0n) is 32.2. The van der Waals surface area contributed by atoms with Gasteiger partial charge in [0.1, 0.15) is 0 Å². The molecule has 3 aliphatic rings. The van der Waals surface area contributed by atoms with Gasteiger partial charge in [0.25, 0.3) is 17.7 Å². The van der Waals surface area contributed by atoms with E-state index in [1.807, 2.05) is 18.2 Å². The smallest absolute Gasteiger partial charge is 0.379 e. The van der Waals surface area contributed by atoms with E-state index in [-0.39, 0.29) is 18.0 Å². The summed E-state index contributed by atoms with van der Waals surface area (Å²) in [5.41, 5.74) is 3.02. The number of fused-ring (bicyclic) bond motifs is 1. The number of nitrogens with one attached hydrogen (secondary N) is 2. The second-order valence-corrected chi connectivity index (χ2v) is 15.3. The van der Waals surface area contributed by atoms with Crippen molar-refractivity contribution in [3.8, 4) is 11.3 Å². The van der Waals surface area contributed by atoms with Gasteiger partial charge < -0.3 is 25.2 Å². The number of benzene rings is 3. The third-order valence-corrected chi connectivity index (χ3v) is 11.5. The van der Waals surface area contributed by atoms with E-state index in [0.717, 1.165) is 62.9 Å². The number of piperidine rings is 1. The van der Waals surface area contributed by atoms with Gasteiger partial charge >= 0.3 is 6.18 Å². The van der Waals surface area contributed by atoms with Crippen molar-refractivity contribution in [2.45, 2.75) is 44.8 Å². The molecule has 0 spiro atoms. The average molecular weight is 783 g/mol. The number of hydrogen-bond donors (Lipinski definition) is 2. The van der Waals surface area contributed by atoms with Gasteiger partial charge in [-0.25, -0.2) is 0 Å². The predicted octanol–water partition coefficient (Wildman–Crippen LogP) is 7.37. The fourth-order valence-corrected chi connectivity index (χ4v) is 8.17. The van der Waals surface area contributed by atoms with Crippen molar-refractivity contribution in [1.82, 2.24) is 20.1 Å². The van der Waals surface area contributed by atoms with Gasteiger partial charge in [0.05, 0.1) is 30.2 Å². The highest BCUT2D eigenvalue weighted by Crippen LogP contribution is 2.39. The van der Waals surface area contributed by atoms with Crippen LogP contribution >= 0.6 is 0 Å². The van der Waals surface area contributed by atoms with Gasteiger partial charge in [-0.05, 0) is 90.9 Å². The van der Waals surface area contributed by atoms with Crippen LogP contribution in [0.15, 0.2) is 85.1 Å². The Kier molecular flexibility index (Phi) is 12.5. The lowest BCUT2D eigenvalue weighted by Gasteiger charge is -2.42. The molecule has 13 heteroatoms. The van der Waals surface area contributed by atoms with E-state index in [0.29, 0.717) is 59.3 Å². The van der Waals surface area contributed by atoms with Gasteiger partial charge in [0.2, 0.25) is 0 Å². The Labute approximate surface area is 331 Å². The predicted molar refractivity (Wildman–Crippen MR) is 213 cm³/mol. The highest BCUT2D eigenvalue weighted by molar-refractivity contribution is 6.08. The fourth-order valence-electron chi connectivity index (χ4n) is 8.17. The van der Waals surface area contributed by atoms with Gasteiger partial charge in [0.15, 0.2) is 0 Å². The van der Waals surface area contributed by atoms with Crippen LogP contribution in [0.1, 0.15) is 74.3 Å². The van der Waals surface area contributed by atoms with Crippen LogP contribution in [0.2, 0.25) is 0 Å². The standard InChI is InChI=1S/C44H49F3N6O4/c1-51(18-19-52-20-22-57-23-21-52)43(56)34-10-5-9-32(25-34)42(55)50-39-13-12-37(53-17-15-31-7-2-3-8-35(31)29-53)27-38(39)40-26-33(14-16-48-40)41(54)49-28-30-6-4-11-36(24-30)44(45,46)47/h4-6,9-14,16,24-27,31,35H,2-3,7-8,15,17-23,28-29H2,1H3,(H,49,54)(H,50,55)/t31-,35-/m1/s1. The summed E-state index contributed by atoms with van der Waals surface area (Å²) in [5.74, 6) is 0.303. The highest BCUT2D eigenvalue weighted by Gasteiger charge is 2.32. The van der Waals surface area contributed by atoms with Gasteiger partial charge in [0, 0.05) is 87.0 Å². The van der Waals surface area contributed by atoms with E-state index in [4.69, 9.17) is 4.74 Å². The number of pyridine rings is 1. The number of hydrogen-bond acceptors (Lipinski definition) is 7. The molecular formula is C44H49F3N6O4. The maximum Gasteiger partial charge on any atom is 0.416 e. The van der Waals surface area contributed by atoms with Crippen LogP contribution < -0.4 is 15.5 Å². The summed E-state index contributed by atoms with van der Waals surface area (Å²) in [6.07, 6.45) is 3.16. The average Bonchev–Trinajstić information content (AvgIpc) is 3.24. The summed E-state index contributed by atoms with van der Waals surface area (Å²) >= 11 is 0. The van der Waals surface area contributed by atoms with Gasteiger partial charge in [-0.3, -0.25) is 24.3 Å². The number of ether oxygens (including phenoxy) is 1. The number of carbonyl (C=O) groups excluding carboxylic acids is 3. The molecule has 3 heterocycles. The van der Waals surface area contributed by atoms with Crippen molar-refractivity contribution in [1.29, 1.82) is 0 Å². The summed E-state index contributed by atoms with van der Waals surface area (Å²) < 4.78 is 45.3. The lowest BCUT2D eigenvalue weighted by molar-refractivity contribution is -0.137. The number of likely N-dealkylation sites (N-methyl/N-ethyl adjacent to an activating group) is 1. The van der Waals surface area contributed by atoms with E-state index < -0.39 is 23.6 Å². The van der Waals surface area contributed by atoms with Crippen molar-refractivity contribution in [3.05, 3.63) is 113 Å². The number of halogens is 3. The topological polar surface area (TPSA) is 107 Å². The number of amides is 3. The third kappa shape index (κ3) is 10.0. The summed E-state index contributed by atoms with van der Waals surface area (Å²) in [5, 5.41) is 5.77. The third-order valence-electron chi connectivity index (χ3n) is 11.5. The van der Waals surface area contributed by atoms with Crippen LogP contribution in [0, 0.1) is 11.8 Å². The Morgan fingerprint density at radius 2 is 1.60 bits per heavy atom. The molecule has 0 radical (unpaired) electrons. The van der Waals surface area contributed by atoms with Crippen LogP contribution in [0.5, 0.6) is 0 Å². The Morgan fingerprint density at radius 3 is 2.40 bits per heavy atom. The number of morpholine rings is 1. The van der Waals surface area contributed by atoms with Crippen LogP contribution in [-0.2, 0) is 17.5 Å². The van der Waals surface area contributed by atoms with Crippen LogP contribution in [0.4, 0.5) is 24.5 Å². The zero-order valence-corrected chi connectivity index (χ0v) is 32.2. The fraction of sp³-hybridized carbons (Fsp3) is 0.409. The maximum atomic E-state index is 13.9. The van der Waals surface area contributed by atoms with Crippen LogP contribution in [0.3, 0.4) is 0 Å². The Morgan fingerprint density at radius 1 is 0.842 bits per heavy atom. The van der Waals surface area contributed by atoms with E-state index in [9.17, 15) is 27.6 Å². The second kappa shape index (κ2) is 17.9. The molecule has 1 aliphatic carbocycles. The molecule has 0 unspecified atom stereocenters. The quantitative estimate of drug-likeness (QED) is 0.164. The Hall–Kier alpha value is -5.27. The number of carbonyl (C=O) groups is 3. The molecule has 3 fully saturated rings. The minimum atomic E-state index is -4.49. The zero-order chi connectivity index (χ0) is 39.9. The number of nitrogens with zero attached hydrogens (tertiary/aromatic N) is 4. The highest BCUT2D eigenvalue weighted by atomic mass is 19.4. The molecule has 1 saturated carbocycles. The van der Waals surface area contributed by atoms with Crippen LogP contribution in [0.25, 0.3) is 11.3 Å². The molecule has 57 heavy (non-hydrogen) atoms. The molecule has 4 aromatic rings. The first-order valence-electron chi connectivity index (χ1n) is 19.8. The Balaban J connectivity index is 1.11. The molecule has 3 aromatic carbocycles. The summed E-state index contributed by atoms with van der Waals surface area (Å²) in [7, 11) is 1.76. The van der Waals surface area contributed by atoms with Gasteiger partial charge in [-0.15, -0.1) is 0 Å². The normalized spacial score (nSPS) is 18.7. The minimum absolute atomic E-state index is 0.0977. The minimum Gasteiger partial charge on any atom is -0.379 e. The van der Waals surface area contributed by atoms with E-state index in [2.05, 4.69) is 25.4 Å². The van der Waals surface area contributed by atoms with Crippen molar-refractivity contribution < 1.29 is 32.3 Å². The molecule has 10 nitrogen and oxygen atoms in total.